The number of carboxylic acid groups (broad SMARTS) is 1. The second-order valence-electron chi connectivity index (χ2n) is 10.7. The zero-order valence-electron chi connectivity index (χ0n) is 23.2. The third-order valence-electron chi connectivity index (χ3n) is 8.10. The minimum Gasteiger partial charge on any atom is -0.496 e. The highest BCUT2D eigenvalue weighted by Crippen LogP contribution is 2.36. The van der Waals surface area contributed by atoms with Crippen molar-refractivity contribution in [3.8, 4) is 5.75 Å². The Labute approximate surface area is 226 Å². The number of piperazine rings is 1. The van der Waals surface area contributed by atoms with Crippen LogP contribution in [0.5, 0.6) is 5.75 Å². The van der Waals surface area contributed by atoms with Gasteiger partial charge in [0.25, 0.3) is 5.91 Å². The first-order chi connectivity index (χ1) is 18.2. The molecule has 2 aromatic carbocycles. The first kappa shape index (κ1) is 27.9. The molecule has 2 saturated heterocycles. The Morgan fingerprint density at radius 3 is 2.42 bits per heavy atom. The largest absolute Gasteiger partial charge is 0.496 e. The number of likely N-dealkylation sites (tertiary alicyclic amines) is 1. The summed E-state index contributed by atoms with van der Waals surface area (Å²) in [6.07, 6.45) is 2.09. The van der Waals surface area contributed by atoms with E-state index in [2.05, 4.69) is 39.2 Å². The van der Waals surface area contributed by atoms with E-state index >= 15 is 0 Å². The van der Waals surface area contributed by atoms with Gasteiger partial charge in [0, 0.05) is 44.0 Å². The van der Waals surface area contributed by atoms with Crippen molar-refractivity contribution in [2.75, 3.05) is 64.9 Å². The number of carbonyl (C=O) groups excluding carboxylic acids is 1. The number of nitrogens with one attached hydrogen (secondary N) is 1. The van der Waals surface area contributed by atoms with Crippen molar-refractivity contribution in [3.63, 3.8) is 0 Å². The fraction of sp³-hybridized carbons (Fsp3) is 0.533. The van der Waals surface area contributed by atoms with Crippen LogP contribution in [0.15, 0.2) is 36.4 Å². The number of hydrogen-bond acceptors (Lipinski definition) is 6. The summed E-state index contributed by atoms with van der Waals surface area (Å²) in [7, 11) is 3.84. The second-order valence-corrected chi connectivity index (χ2v) is 10.7. The van der Waals surface area contributed by atoms with E-state index in [-0.39, 0.29) is 18.4 Å². The van der Waals surface area contributed by atoms with E-state index < -0.39 is 5.97 Å². The Bertz CT molecular complexity index is 1120. The SMILES string of the molecule is COc1ccc([C@@H](C)NC(=O)c2cc(N3CCN(C)CC3)ccc2C)cc1C1CCN(CCC(=O)O)CC1. The molecular formula is C30H42N4O4. The molecule has 2 N–H and O–H groups in total. The van der Waals surface area contributed by atoms with Gasteiger partial charge in [0.15, 0.2) is 0 Å². The number of anilines is 1. The average Bonchev–Trinajstić information content (AvgIpc) is 2.92. The predicted octanol–water partition coefficient (Wildman–Crippen LogP) is 3.90. The van der Waals surface area contributed by atoms with Crippen LogP contribution in [0.2, 0.25) is 0 Å². The van der Waals surface area contributed by atoms with E-state index in [1.54, 1.807) is 7.11 Å². The normalized spacial score (nSPS) is 18.3. The highest BCUT2D eigenvalue weighted by molar-refractivity contribution is 5.96. The van der Waals surface area contributed by atoms with E-state index in [0.717, 1.165) is 85.8 Å². The average molecular weight is 523 g/mol. The Morgan fingerprint density at radius 1 is 1.05 bits per heavy atom. The Balaban J connectivity index is 1.44. The van der Waals surface area contributed by atoms with E-state index in [9.17, 15) is 9.59 Å². The zero-order valence-corrected chi connectivity index (χ0v) is 23.2. The number of ether oxygens (including phenoxy) is 1. The molecule has 8 nitrogen and oxygen atoms in total. The molecule has 2 aliphatic heterocycles. The second kappa shape index (κ2) is 12.6. The number of nitrogens with zero attached hydrogens (tertiary/aromatic N) is 3. The van der Waals surface area contributed by atoms with Crippen LogP contribution in [0.3, 0.4) is 0 Å². The molecule has 0 aliphatic carbocycles. The summed E-state index contributed by atoms with van der Waals surface area (Å²) in [5.41, 5.74) is 5.00. The van der Waals surface area contributed by atoms with Crippen LogP contribution >= 0.6 is 0 Å². The van der Waals surface area contributed by atoms with E-state index in [0.29, 0.717) is 12.5 Å². The van der Waals surface area contributed by atoms with Crippen LogP contribution in [-0.2, 0) is 4.79 Å². The molecule has 0 unspecified atom stereocenters. The van der Waals surface area contributed by atoms with Crippen molar-refractivity contribution in [2.24, 2.45) is 0 Å². The van der Waals surface area contributed by atoms with Gasteiger partial charge < -0.3 is 29.9 Å². The van der Waals surface area contributed by atoms with Gasteiger partial charge in [-0.15, -0.1) is 0 Å². The van der Waals surface area contributed by atoms with Crippen LogP contribution in [0.25, 0.3) is 0 Å². The number of hydrogen-bond donors (Lipinski definition) is 2. The third-order valence-corrected chi connectivity index (χ3v) is 8.10. The number of aliphatic carboxylic acids is 1. The standard InChI is InChI=1S/C30H42N4O4/c1-21-5-7-25(34-17-15-32(3)16-18-34)20-26(21)30(37)31-22(2)24-6-8-28(38-4)27(19-24)23-9-12-33(13-10-23)14-11-29(35)36/h5-8,19-20,22-23H,9-18H2,1-4H3,(H,31,37)(H,35,36)/t22-/m1/s1. The van der Waals surface area contributed by atoms with Gasteiger partial charge in [-0.1, -0.05) is 12.1 Å². The number of carboxylic acids is 1. The molecule has 206 valence electrons. The summed E-state index contributed by atoms with van der Waals surface area (Å²) in [6, 6.07) is 12.2. The fourth-order valence-electron chi connectivity index (χ4n) is 5.54. The number of methoxy groups -OCH3 is 1. The van der Waals surface area contributed by atoms with E-state index in [1.165, 1.54) is 0 Å². The van der Waals surface area contributed by atoms with E-state index in [1.807, 2.05) is 38.1 Å². The van der Waals surface area contributed by atoms with Crippen molar-refractivity contribution >= 4 is 17.6 Å². The van der Waals surface area contributed by atoms with Gasteiger partial charge in [0.2, 0.25) is 0 Å². The van der Waals surface area contributed by atoms with Gasteiger partial charge in [0.1, 0.15) is 5.75 Å². The van der Waals surface area contributed by atoms with Crippen molar-refractivity contribution in [1.82, 2.24) is 15.1 Å². The Hall–Kier alpha value is -3.10. The van der Waals surface area contributed by atoms with Gasteiger partial charge in [-0.25, -0.2) is 0 Å². The van der Waals surface area contributed by atoms with Crippen LogP contribution in [0, 0.1) is 6.92 Å². The number of amides is 1. The summed E-state index contributed by atoms with van der Waals surface area (Å²) in [4.78, 5) is 31.2. The third kappa shape index (κ3) is 6.85. The van der Waals surface area contributed by atoms with Crippen molar-refractivity contribution in [3.05, 3.63) is 58.7 Å². The summed E-state index contributed by atoms with van der Waals surface area (Å²) in [5.74, 6) is 0.400. The number of aryl methyl sites for hydroxylation is 1. The van der Waals surface area contributed by atoms with Gasteiger partial charge >= 0.3 is 5.97 Å². The van der Waals surface area contributed by atoms with Gasteiger partial charge in [-0.2, -0.15) is 0 Å². The molecule has 0 radical (unpaired) electrons. The minimum atomic E-state index is -0.751. The summed E-state index contributed by atoms with van der Waals surface area (Å²) < 4.78 is 5.70. The van der Waals surface area contributed by atoms with Gasteiger partial charge in [0.05, 0.1) is 19.6 Å². The molecule has 8 heteroatoms. The lowest BCUT2D eigenvalue weighted by Crippen LogP contribution is -2.44. The number of rotatable bonds is 9. The Kier molecular flexibility index (Phi) is 9.28. The molecule has 2 heterocycles. The highest BCUT2D eigenvalue weighted by Gasteiger charge is 2.25. The molecule has 2 fully saturated rings. The molecule has 4 rings (SSSR count). The topological polar surface area (TPSA) is 85.4 Å². The molecule has 38 heavy (non-hydrogen) atoms. The lowest BCUT2D eigenvalue weighted by Gasteiger charge is -2.34. The molecule has 0 saturated carbocycles. The Morgan fingerprint density at radius 2 is 1.76 bits per heavy atom. The lowest BCUT2D eigenvalue weighted by atomic mass is 9.87. The zero-order chi connectivity index (χ0) is 27.2. The molecule has 2 aromatic rings. The van der Waals surface area contributed by atoms with Crippen molar-refractivity contribution < 1.29 is 19.4 Å². The molecule has 0 aromatic heterocycles. The van der Waals surface area contributed by atoms with Crippen LogP contribution in [-0.4, -0.2) is 86.8 Å². The number of carbonyl (C=O) groups is 2. The predicted molar refractivity (Wildman–Crippen MR) is 150 cm³/mol. The molecule has 0 bridgehead atoms. The maximum absolute atomic E-state index is 13.4. The van der Waals surface area contributed by atoms with Gasteiger partial charge in [-0.05, 0) is 93.7 Å². The smallest absolute Gasteiger partial charge is 0.304 e. The summed E-state index contributed by atoms with van der Waals surface area (Å²) in [5, 5.41) is 12.2. The van der Waals surface area contributed by atoms with Crippen molar-refractivity contribution in [2.45, 2.75) is 45.1 Å². The number of likely N-dealkylation sites (N-methyl/N-ethyl adjacent to an activating group) is 1. The maximum atomic E-state index is 13.4. The van der Waals surface area contributed by atoms with E-state index in [4.69, 9.17) is 9.84 Å². The first-order valence-corrected chi connectivity index (χ1v) is 13.7. The molecular weight excluding hydrogens is 480 g/mol. The molecule has 1 atom stereocenters. The summed E-state index contributed by atoms with van der Waals surface area (Å²) in [6.45, 7) is 10.3. The van der Waals surface area contributed by atoms with Crippen LogP contribution < -0.4 is 15.0 Å². The quantitative estimate of drug-likeness (QED) is 0.517. The summed E-state index contributed by atoms with van der Waals surface area (Å²) >= 11 is 0. The number of piperidine rings is 1. The highest BCUT2D eigenvalue weighted by atomic mass is 16.5. The molecule has 1 amide bonds. The maximum Gasteiger partial charge on any atom is 0.304 e. The number of benzene rings is 2. The first-order valence-electron chi connectivity index (χ1n) is 13.7. The lowest BCUT2D eigenvalue weighted by molar-refractivity contribution is -0.137. The van der Waals surface area contributed by atoms with Crippen molar-refractivity contribution in [1.29, 1.82) is 0 Å². The fourth-order valence-corrected chi connectivity index (χ4v) is 5.54. The monoisotopic (exact) mass is 522 g/mol. The molecule has 0 spiro atoms. The van der Waals surface area contributed by atoms with Crippen LogP contribution in [0.4, 0.5) is 5.69 Å². The van der Waals surface area contributed by atoms with Crippen LogP contribution in [0.1, 0.15) is 65.2 Å². The van der Waals surface area contributed by atoms with Gasteiger partial charge in [-0.3, -0.25) is 9.59 Å². The minimum absolute atomic E-state index is 0.0601. The molecule has 2 aliphatic rings.